The van der Waals surface area contributed by atoms with Gasteiger partial charge >= 0.3 is 0 Å². The number of hydrogen-bond donors (Lipinski definition) is 0. The zero-order chi connectivity index (χ0) is 12.3. The fourth-order valence-electron chi connectivity index (χ4n) is 1.33. The quantitative estimate of drug-likeness (QED) is 0.785. The average Bonchev–Trinajstić information content (AvgIpc) is 2.20. The van der Waals surface area contributed by atoms with E-state index in [4.69, 9.17) is 11.6 Å². The van der Waals surface area contributed by atoms with Gasteiger partial charge < -0.3 is 4.90 Å². The van der Waals surface area contributed by atoms with Gasteiger partial charge in [-0.3, -0.25) is 4.79 Å². The highest BCUT2D eigenvalue weighted by molar-refractivity contribution is 9.10. The maximum atomic E-state index is 13.6. The van der Waals surface area contributed by atoms with Crippen LogP contribution in [0.2, 0.25) is 0 Å². The van der Waals surface area contributed by atoms with E-state index in [0.29, 0.717) is 6.54 Å². The molecule has 1 aromatic carbocycles. The highest BCUT2D eigenvalue weighted by atomic mass is 79.9. The molecule has 0 saturated carbocycles. The summed E-state index contributed by atoms with van der Waals surface area (Å²) in [6.07, 6.45) is 0. The summed E-state index contributed by atoms with van der Waals surface area (Å²) < 4.78 is 13.9. The lowest BCUT2D eigenvalue weighted by Crippen LogP contribution is -2.31. The maximum Gasteiger partial charge on any atom is 0.256 e. The molecule has 0 saturated heterocycles. The molecule has 0 spiro atoms. The second kappa shape index (κ2) is 5.64. The molecule has 0 aromatic heterocycles. The summed E-state index contributed by atoms with van der Waals surface area (Å²) >= 11 is 8.82. The summed E-state index contributed by atoms with van der Waals surface area (Å²) in [7, 11) is 1.60. The molecule has 1 amide bonds. The molecule has 16 heavy (non-hydrogen) atoms. The summed E-state index contributed by atoms with van der Waals surface area (Å²) in [6, 6.07) is 4.63. The van der Waals surface area contributed by atoms with Crippen molar-refractivity contribution in [2.45, 2.75) is 12.3 Å². The molecule has 0 N–H and O–H groups in total. The first kappa shape index (κ1) is 13.5. The largest absolute Gasteiger partial charge is 0.340 e. The van der Waals surface area contributed by atoms with Crippen LogP contribution in [0.5, 0.6) is 0 Å². The monoisotopic (exact) mass is 307 g/mol. The lowest BCUT2D eigenvalue weighted by atomic mass is 10.2. The summed E-state index contributed by atoms with van der Waals surface area (Å²) in [6.45, 7) is 2.16. The van der Waals surface area contributed by atoms with E-state index in [0.717, 1.165) is 0 Å². The minimum Gasteiger partial charge on any atom is -0.340 e. The number of alkyl halides is 1. The van der Waals surface area contributed by atoms with Crippen molar-refractivity contribution < 1.29 is 9.18 Å². The number of carbonyl (C=O) groups excluding carboxylic acids is 1. The molecule has 0 bridgehead atoms. The number of halogens is 3. The SMILES string of the molecule is CC(Cl)CN(C)C(=O)c1cccc(Br)c1F. The van der Waals surface area contributed by atoms with Crippen LogP contribution in [-0.4, -0.2) is 29.8 Å². The zero-order valence-electron chi connectivity index (χ0n) is 9.01. The van der Waals surface area contributed by atoms with Gasteiger partial charge in [0.1, 0.15) is 5.82 Å². The molecule has 1 aromatic rings. The van der Waals surface area contributed by atoms with E-state index < -0.39 is 5.82 Å². The molecule has 1 unspecified atom stereocenters. The molecular formula is C11H12BrClFNO. The smallest absolute Gasteiger partial charge is 0.256 e. The van der Waals surface area contributed by atoms with Gasteiger partial charge in [-0.1, -0.05) is 6.07 Å². The summed E-state index contributed by atoms with van der Waals surface area (Å²) in [5, 5.41) is -0.163. The third-order valence-electron chi connectivity index (χ3n) is 2.05. The van der Waals surface area contributed by atoms with E-state index in [2.05, 4.69) is 15.9 Å². The topological polar surface area (TPSA) is 20.3 Å². The van der Waals surface area contributed by atoms with Crippen LogP contribution in [-0.2, 0) is 0 Å². The first-order chi connectivity index (χ1) is 7.43. The Morgan fingerprint density at radius 2 is 2.25 bits per heavy atom. The third-order valence-corrected chi connectivity index (χ3v) is 2.80. The van der Waals surface area contributed by atoms with Crippen molar-refractivity contribution in [3.63, 3.8) is 0 Å². The fraction of sp³-hybridized carbons (Fsp3) is 0.364. The lowest BCUT2D eigenvalue weighted by molar-refractivity contribution is 0.0791. The molecule has 1 rings (SSSR count). The molecule has 0 fully saturated rings. The zero-order valence-corrected chi connectivity index (χ0v) is 11.3. The van der Waals surface area contributed by atoms with Gasteiger partial charge in [0.25, 0.3) is 5.91 Å². The van der Waals surface area contributed by atoms with Crippen molar-refractivity contribution in [1.29, 1.82) is 0 Å². The number of rotatable bonds is 3. The van der Waals surface area contributed by atoms with Gasteiger partial charge in [-0.2, -0.15) is 0 Å². The number of benzene rings is 1. The van der Waals surface area contributed by atoms with Gasteiger partial charge in [0.2, 0.25) is 0 Å². The molecular weight excluding hydrogens is 296 g/mol. The van der Waals surface area contributed by atoms with Gasteiger partial charge in [0.15, 0.2) is 0 Å². The van der Waals surface area contributed by atoms with Gasteiger partial charge in [0.05, 0.1) is 10.0 Å². The molecule has 0 aliphatic heterocycles. The van der Waals surface area contributed by atoms with E-state index in [1.165, 1.54) is 11.0 Å². The maximum absolute atomic E-state index is 13.6. The molecule has 0 aliphatic rings. The van der Waals surface area contributed by atoms with Crippen molar-refractivity contribution >= 4 is 33.4 Å². The van der Waals surface area contributed by atoms with E-state index in [-0.39, 0.29) is 21.3 Å². The molecule has 1 atom stereocenters. The van der Waals surface area contributed by atoms with Crippen LogP contribution < -0.4 is 0 Å². The van der Waals surface area contributed by atoms with Crippen LogP contribution in [0.15, 0.2) is 22.7 Å². The number of amides is 1. The summed E-state index contributed by atoms with van der Waals surface area (Å²) in [4.78, 5) is 13.3. The number of nitrogens with zero attached hydrogens (tertiary/aromatic N) is 1. The fourth-order valence-corrected chi connectivity index (χ4v) is 1.91. The van der Waals surface area contributed by atoms with Gasteiger partial charge in [-0.15, -0.1) is 11.6 Å². The molecule has 5 heteroatoms. The van der Waals surface area contributed by atoms with Crippen LogP contribution in [0, 0.1) is 5.82 Å². The van der Waals surface area contributed by atoms with Crippen LogP contribution in [0.25, 0.3) is 0 Å². The summed E-state index contributed by atoms with van der Waals surface area (Å²) in [5.74, 6) is -0.909. The first-order valence-corrected chi connectivity index (χ1v) is 6.00. The van der Waals surface area contributed by atoms with Gasteiger partial charge in [-0.25, -0.2) is 4.39 Å². The second-order valence-corrected chi connectivity index (χ2v) is 5.17. The minimum atomic E-state index is -0.540. The number of carbonyl (C=O) groups is 1. The van der Waals surface area contributed by atoms with Gasteiger partial charge in [-0.05, 0) is 35.0 Å². The van der Waals surface area contributed by atoms with E-state index in [1.54, 1.807) is 26.1 Å². The van der Waals surface area contributed by atoms with E-state index in [9.17, 15) is 9.18 Å². The first-order valence-electron chi connectivity index (χ1n) is 4.77. The van der Waals surface area contributed by atoms with Gasteiger partial charge in [0, 0.05) is 19.0 Å². The molecule has 0 aliphatic carbocycles. The van der Waals surface area contributed by atoms with Crippen molar-refractivity contribution in [2.75, 3.05) is 13.6 Å². The van der Waals surface area contributed by atoms with Crippen molar-refractivity contribution in [3.05, 3.63) is 34.1 Å². The highest BCUT2D eigenvalue weighted by Crippen LogP contribution is 2.19. The van der Waals surface area contributed by atoms with Crippen LogP contribution in [0.1, 0.15) is 17.3 Å². The van der Waals surface area contributed by atoms with Crippen molar-refractivity contribution in [3.8, 4) is 0 Å². The van der Waals surface area contributed by atoms with Crippen molar-refractivity contribution in [2.24, 2.45) is 0 Å². The van der Waals surface area contributed by atoms with Crippen LogP contribution in [0.4, 0.5) is 4.39 Å². The predicted octanol–water partition coefficient (Wildman–Crippen LogP) is 3.29. The predicted molar refractivity (Wildman–Crippen MR) is 66.4 cm³/mol. The summed E-state index contributed by atoms with van der Waals surface area (Å²) in [5.41, 5.74) is 0.0502. The Bertz CT molecular complexity index is 398. The Kier molecular flexibility index (Phi) is 4.74. The molecule has 88 valence electrons. The van der Waals surface area contributed by atoms with Crippen LogP contribution >= 0.6 is 27.5 Å². The Labute approximate surface area is 108 Å². The Morgan fingerprint density at radius 3 is 2.81 bits per heavy atom. The second-order valence-electron chi connectivity index (χ2n) is 3.57. The van der Waals surface area contributed by atoms with E-state index in [1.807, 2.05) is 0 Å². The van der Waals surface area contributed by atoms with E-state index >= 15 is 0 Å². The standard InChI is InChI=1S/C11H12BrClFNO/c1-7(13)6-15(2)11(16)8-4-3-5-9(12)10(8)14/h3-5,7H,6H2,1-2H3. The van der Waals surface area contributed by atoms with Crippen LogP contribution in [0.3, 0.4) is 0 Å². The molecule has 0 heterocycles. The Hall–Kier alpha value is -0.610. The lowest BCUT2D eigenvalue weighted by Gasteiger charge is -2.18. The van der Waals surface area contributed by atoms with Crippen molar-refractivity contribution in [1.82, 2.24) is 4.90 Å². The number of hydrogen-bond acceptors (Lipinski definition) is 1. The third kappa shape index (κ3) is 3.19. The Morgan fingerprint density at radius 1 is 1.62 bits per heavy atom. The molecule has 0 radical (unpaired) electrons. The normalized spacial score (nSPS) is 12.3. The molecule has 2 nitrogen and oxygen atoms in total. The highest BCUT2D eigenvalue weighted by Gasteiger charge is 2.18. The Balaban J connectivity index is 2.92. The average molecular weight is 309 g/mol. The minimum absolute atomic E-state index is 0.0502.